The van der Waals surface area contributed by atoms with Crippen LogP contribution in [0.5, 0.6) is 5.75 Å². The highest BCUT2D eigenvalue weighted by Gasteiger charge is 2.28. The zero-order chi connectivity index (χ0) is 14.8. The number of hydrogen-bond acceptors (Lipinski definition) is 3. The van der Waals surface area contributed by atoms with Gasteiger partial charge < -0.3 is 14.8 Å². The molecule has 1 amide bonds. The fourth-order valence-corrected chi connectivity index (χ4v) is 2.70. The average molecular weight is 310 g/mol. The molecule has 114 valence electrons. The van der Waals surface area contributed by atoms with Crippen molar-refractivity contribution in [1.82, 2.24) is 5.32 Å². The molecule has 0 bridgehead atoms. The summed E-state index contributed by atoms with van der Waals surface area (Å²) in [4.78, 5) is 12.2. The zero-order valence-corrected chi connectivity index (χ0v) is 12.9. The normalized spacial score (nSPS) is 22.1. The van der Waals surface area contributed by atoms with Crippen LogP contribution in [0.2, 0.25) is 5.02 Å². The fourth-order valence-electron chi connectivity index (χ4n) is 2.47. The molecule has 2 aliphatic rings. The molecule has 2 atom stereocenters. The summed E-state index contributed by atoms with van der Waals surface area (Å²) in [6.45, 7) is 3.04. The summed E-state index contributed by atoms with van der Waals surface area (Å²) < 4.78 is 11.2. The number of nitrogens with one attached hydrogen (secondary N) is 1. The second-order valence-electron chi connectivity index (χ2n) is 5.78. The Morgan fingerprint density at radius 2 is 2.29 bits per heavy atom. The van der Waals surface area contributed by atoms with E-state index in [9.17, 15) is 4.79 Å². The van der Waals surface area contributed by atoms with Gasteiger partial charge in [-0.05, 0) is 31.7 Å². The van der Waals surface area contributed by atoms with E-state index in [4.69, 9.17) is 21.1 Å². The monoisotopic (exact) mass is 309 g/mol. The summed E-state index contributed by atoms with van der Waals surface area (Å²) in [6.07, 6.45) is 2.77. The third-order valence-electron chi connectivity index (χ3n) is 3.99. The lowest BCUT2D eigenvalue weighted by molar-refractivity contribution is -0.133. The average Bonchev–Trinajstić information content (AvgIpc) is 3.30. The van der Waals surface area contributed by atoms with Crippen LogP contribution in [0.15, 0.2) is 18.2 Å². The maximum atomic E-state index is 12.2. The van der Waals surface area contributed by atoms with Gasteiger partial charge in [-0.2, -0.15) is 0 Å². The summed E-state index contributed by atoms with van der Waals surface area (Å²) in [7, 11) is 0. The molecule has 1 aliphatic carbocycles. The smallest absolute Gasteiger partial charge is 0.249 e. The highest BCUT2D eigenvalue weighted by Crippen LogP contribution is 2.37. The van der Waals surface area contributed by atoms with Gasteiger partial charge in [0.2, 0.25) is 5.91 Å². The Morgan fingerprint density at radius 3 is 3.05 bits per heavy atom. The van der Waals surface area contributed by atoms with Gasteiger partial charge in [0.1, 0.15) is 11.9 Å². The minimum atomic E-state index is -0.420. The van der Waals surface area contributed by atoms with E-state index in [1.165, 1.54) is 12.8 Å². The first-order valence-corrected chi connectivity index (χ1v) is 7.86. The molecule has 1 heterocycles. The van der Waals surface area contributed by atoms with Crippen molar-refractivity contribution in [2.24, 2.45) is 5.92 Å². The van der Waals surface area contributed by atoms with E-state index in [1.54, 1.807) is 13.0 Å². The highest BCUT2D eigenvalue weighted by molar-refractivity contribution is 6.32. The molecule has 5 heteroatoms. The first-order chi connectivity index (χ1) is 10.1. The van der Waals surface area contributed by atoms with Gasteiger partial charge in [-0.15, -0.1) is 0 Å². The number of carbonyl (C=O) groups is 1. The molecular weight excluding hydrogens is 290 g/mol. The predicted molar refractivity (Wildman–Crippen MR) is 80.6 cm³/mol. The van der Waals surface area contributed by atoms with Gasteiger partial charge in [0.15, 0.2) is 0 Å². The molecule has 2 unspecified atom stereocenters. The number of hydrogen-bond donors (Lipinski definition) is 1. The van der Waals surface area contributed by atoms with Gasteiger partial charge in [-0.25, -0.2) is 0 Å². The standard InChI is InChI=1S/C16H20ClNO3/c1-10(21-9-11-5-6-11)16(19)18-14-7-8-20-15-12(14)3-2-4-13(15)17/h2-4,10-11,14H,5-9H2,1H3,(H,18,19). The molecule has 21 heavy (non-hydrogen) atoms. The largest absolute Gasteiger partial charge is 0.492 e. The molecule has 1 aromatic carbocycles. The minimum Gasteiger partial charge on any atom is -0.492 e. The Balaban J connectivity index is 1.62. The van der Waals surface area contributed by atoms with Crippen molar-refractivity contribution < 1.29 is 14.3 Å². The molecule has 1 fully saturated rings. The molecule has 0 saturated heterocycles. The van der Waals surface area contributed by atoms with Gasteiger partial charge in [-0.3, -0.25) is 4.79 Å². The van der Waals surface area contributed by atoms with Crippen molar-refractivity contribution in [3.05, 3.63) is 28.8 Å². The number of rotatable bonds is 5. The Bertz CT molecular complexity index is 530. The molecule has 0 radical (unpaired) electrons. The molecule has 0 aromatic heterocycles. The lowest BCUT2D eigenvalue weighted by atomic mass is 10.0. The van der Waals surface area contributed by atoms with Crippen LogP contribution in [-0.4, -0.2) is 25.2 Å². The lowest BCUT2D eigenvalue weighted by Gasteiger charge is -2.28. The topological polar surface area (TPSA) is 47.6 Å². The van der Waals surface area contributed by atoms with Gasteiger partial charge in [0, 0.05) is 12.0 Å². The predicted octanol–water partition coefficient (Wildman–Crippen LogP) is 3.09. The molecule has 4 nitrogen and oxygen atoms in total. The number of halogens is 1. The van der Waals surface area contributed by atoms with Crippen molar-refractivity contribution in [2.75, 3.05) is 13.2 Å². The van der Waals surface area contributed by atoms with Crippen LogP contribution in [0.1, 0.15) is 37.8 Å². The lowest BCUT2D eigenvalue weighted by Crippen LogP contribution is -2.39. The van der Waals surface area contributed by atoms with Gasteiger partial charge >= 0.3 is 0 Å². The van der Waals surface area contributed by atoms with E-state index in [0.717, 1.165) is 12.0 Å². The van der Waals surface area contributed by atoms with Gasteiger partial charge in [0.25, 0.3) is 0 Å². The van der Waals surface area contributed by atoms with E-state index >= 15 is 0 Å². The van der Waals surface area contributed by atoms with E-state index in [1.807, 2.05) is 12.1 Å². The van der Waals surface area contributed by atoms with Crippen LogP contribution in [0.4, 0.5) is 0 Å². The fraction of sp³-hybridized carbons (Fsp3) is 0.562. The summed E-state index contributed by atoms with van der Waals surface area (Å²) in [5.41, 5.74) is 0.941. The van der Waals surface area contributed by atoms with E-state index in [2.05, 4.69) is 5.32 Å². The number of amides is 1. The van der Waals surface area contributed by atoms with Crippen molar-refractivity contribution in [3.8, 4) is 5.75 Å². The molecule has 3 rings (SSSR count). The van der Waals surface area contributed by atoms with Crippen LogP contribution in [-0.2, 0) is 9.53 Å². The zero-order valence-electron chi connectivity index (χ0n) is 12.1. The minimum absolute atomic E-state index is 0.0630. The van der Waals surface area contributed by atoms with Crippen LogP contribution >= 0.6 is 11.6 Å². The van der Waals surface area contributed by atoms with Crippen molar-refractivity contribution in [3.63, 3.8) is 0 Å². The molecule has 1 saturated carbocycles. The van der Waals surface area contributed by atoms with Crippen molar-refractivity contribution in [1.29, 1.82) is 0 Å². The first-order valence-electron chi connectivity index (χ1n) is 7.48. The van der Waals surface area contributed by atoms with Crippen LogP contribution in [0.25, 0.3) is 0 Å². The van der Waals surface area contributed by atoms with Crippen LogP contribution < -0.4 is 10.1 Å². The van der Waals surface area contributed by atoms with E-state index in [-0.39, 0.29) is 11.9 Å². The first kappa shape index (κ1) is 14.7. The Hall–Kier alpha value is -1.26. The van der Waals surface area contributed by atoms with Gasteiger partial charge in [-0.1, -0.05) is 23.7 Å². The molecule has 1 N–H and O–H groups in total. The number of carbonyl (C=O) groups excluding carboxylic acids is 1. The van der Waals surface area contributed by atoms with Crippen molar-refractivity contribution in [2.45, 2.75) is 38.3 Å². The number of ether oxygens (including phenoxy) is 2. The van der Waals surface area contributed by atoms with Crippen molar-refractivity contribution >= 4 is 17.5 Å². The number of benzene rings is 1. The SMILES string of the molecule is CC(OCC1CC1)C(=O)NC1CCOc2c(Cl)cccc21. The summed E-state index contributed by atoms with van der Waals surface area (Å²) in [6, 6.07) is 5.56. The van der Waals surface area contributed by atoms with Crippen LogP contribution in [0, 0.1) is 5.92 Å². The van der Waals surface area contributed by atoms with E-state index in [0.29, 0.717) is 29.9 Å². The summed E-state index contributed by atoms with van der Waals surface area (Å²) >= 11 is 6.14. The quantitative estimate of drug-likeness (QED) is 0.909. The third-order valence-corrected chi connectivity index (χ3v) is 4.29. The van der Waals surface area contributed by atoms with Crippen LogP contribution in [0.3, 0.4) is 0 Å². The number of para-hydroxylation sites is 1. The maximum absolute atomic E-state index is 12.2. The summed E-state index contributed by atoms with van der Waals surface area (Å²) in [5, 5.41) is 3.63. The van der Waals surface area contributed by atoms with Gasteiger partial charge in [0.05, 0.1) is 24.3 Å². The second-order valence-corrected chi connectivity index (χ2v) is 6.18. The second kappa shape index (κ2) is 6.24. The Labute approximate surface area is 129 Å². The Morgan fingerprint density at radius 1 is 1.48 bits per heavy atom. The van der Waals surface area contributed by atoms with E-state index < -0.39 is 6.10 Å². The Kier molecular flexibility index (Phi) is 4.36. The molecular formula is C16H20ClNO3. The molecule has 1 aliphatic heterocycles. The third kappa shape index (κ3) is 3.50. The maximum Gasteiger partial charge on any atom is 0.249 e. The highest BCUT2D eigenvalue weighted by atomic mass is 35.5. The summed E-state index contributed by atoms with van der Waals surface area (Å²) in [5.74, 6) is 1.26. The molecule has 0 spiro atoms. The number of fused-ring (bicyclic) bond motifs is 1. The molecule has 1 aromatic rings.